The smallest absolute Gasteiger partial charge is 0.407 e. The first-order chi connectivity index (χ1) is 23.2. The van der Waals surface area contributed by atoms with Crippen LogP contribution >= 0.6 is 0 Å². The zero-order chi connectivity index (χ0) is 33.5. The summed E-state index contributed by atoms with van der Waals surface area (Å²) in [5.41, 5.74) is 5.80. The molecule has 0 spiro atoms. The molecule has 248 valence electrons. The number of hydrogen-bond acceptors (Lipinski definition) is 6. The summed E-state index contributed by atoms with van der Waals surface area (Å²) in [5, 5.41) is 12.0. The van der Waals surface area contributed by atoms with E-state index < -0.39 is 18.2 Å². The maximum Gasteiger partial charge on any atom is 0.407 e. The minimum absolute atomic E-state index is 0.0387. The summed E-state index contributed by atoms with van der Waals surface area (Å²) in [6.45, 7) is 2.83. The quantitative estimate of drug-likeness (QED) is 0.206. The summed E-state index contributed by atoms with van der Waals surface area (Å²) in [6, 6.07) is 14.9. The van der Waals surface area contributed by atoms with Gasteiger partial charge < -0.3 is 30.2 Å². The van der Waals surface area contributed by atoms with Gasteiger partial charge in [0.05, 0.1) is 42.3 Å². The molecule has 4 atom stereocenters. The molecule has 0 unspecified atom stereocenters. The Morgan fingerprint density at radius 1 is 0.812 bits per heavy atom. The Hall–Kier alpha value is -5.46. The fourth-order valence-corrected chi connectivity index (χ4v) is 6.90. The van der Waals surface area contributed by atoms with E-state index >= 15 is 0 Å². The molecule has 48 heavy (non-hydrogen) atoms. The van der Waals surface area contributed by atoms with Crippen molar-refractivity contribution in [2.24, 2.45) is 0 Å². The van der Waals surface area contributed by atoms with E-state index in [1.165, 1.54) is 7.05 Å². The fourth-order valence-electron chi connectivity index (χ4n) is 6.90. The number of β-lactam (4-membered cyclic amide) rings is 1. The van der Waals surface area contributed by atoms with Gasteiger partial charge in [0.2, 0.25) is 17.7 Å². The molecule has 0 aliphatic carbocycles. The van der Waals surface area contributed by atoms with Crippen molar-refractivity contribution >= 4 is 23.8 Å². The van der Waals surface area contributed by atoms with Gasteiger partial charge in [0.1, 0.15) is 23.7 Å². The Kier molecular flexibility index (Phi) is 8.19. The first-order valence-electron chi connectivity index (χ1n) is 16.3. The van der Waals surface area contributed by atoms with Crippen LogP contribution in [0.15, 0.2) is 60.9 Å². The molecular weight excluding hydrogens is 612 g/mol. The minimum atomic E-state index is -1.14. The molecule has 2 aromatic carbocycles. The molecule has 0 radical (unpaired) electrons. The van der Waals surface area contributed by atoms with Crippen LogP contribution in [0.4, 0.5) is 4.79 Å². The molecule has 3 aliphatic rings. The standard InChI is InChI=1S/C35H38N8O5/c1-20(41(2)35(47)48)33(45)42-15-3-5-28(42)31-36-18-26(39-31)23-11-7-21(8-12-23)22-9-13-24(14-10-22)27-19-37-32(40-27)29-6-4-16-43(29)34(46)25-17-30(44)38-25/h7-14,18-20,25,28-29H,3-6,15-17H2,1-2H3,(H,36,39)(H,37,40)(H,38,44)(H,47,48)/t20-,25-,28-,29-/m0/s1. The van der Waals surface area contributed by atoms with Crippen molar-refractivity contribution in [3.05, 3.63) is 72.6 Å². The number of carboxylic acid groups (broad SMARTS) is 1. The van der Waals surface area contributed by atoms with Crippen molar-refractivity contribution in [3.63, 3.8) is 0 Å². The molecule has 13 nitrogen and oxygen atoms in total. The highest BCUT2D eigenvalue weighted by molar-refractivity contribution is 5.97. The van der Waals surface area contributed by atoms with Crippen LogP contribution in [0.2, 0.25) is 0 Å². The number of H-pyrrole nitrogens is 2. The number of benzene rings is 2. The van der Waals surface area contributed by atoms with E-state index in [2.05, 4.69) is 49.5 Å². The molecule has 7 rings (SSSR count). The summed E-state index contributed by atoms with van der Waals surface area (Å²) >= 11 is 0. The number of amides is 4. The van der Waals surface area contributed by atoms with Crippen molar-refractivity contribution < 1.29 is 24.3 Å². The summed E-state index contributed by atoms with van der Waals surface area (Å²) in [5.74, 6) is 1.11. The van der Waals surface area contributed by atoms with Crippen molar-refractivity contribution in [1.29, 1.82) is 0 Å². The second kappa shape index (κ2) is 12.6. The lowest BCUT2D eigenvalue weighted by Gasteiger charge is -2.32. The number of nitrogens with one attached hydrogen (secondary N) is 3. The summed E-state index contributed by atoms with van der Waals surface area (Å²) in [4.78, 5) is 69.3. The number of likely N-dealkylation sites (N-methyl/N-ethyl adjacent to an activating group) is 1. The Labute approximate surface area is 277 Å². The fraction of sp³-hybridized carbons (Fsp3) is 0.371. The van der Waals surface area contributed by atoms with Gasteiger partial charge in [-0.15, -0.1) is 0 Å². The van der Waals surface area contributed by atoms with Crippen molar-refractivity contribution in [2.75, 3.05) is 20.1 Å². The SMILES string of the molecule is C[C@@H](C(=O)N1CCC[C@H]1c1ncc(-c2ccc(-c3ccc(-c4cnc([C@@H]5CCCN5C(=O)[C@@H]5CC(=O)N5)[nH]4)cc3)cc2)[nH]1)N(C)C(=O)O. The lowest BCUT2D eigenvalue weighted by Crippen LogP contribution is -2.57. The van der Waals surface area contributed by atoms with Gasteiger partial charge in [-0.3, -0.25) is 19.3 Å². The van der Waals surface area contributed by atoms with E-state index in [-0.39, 0.29) is 36.2 Å². The first kappa shape index (κ1) is 31.2. The molecule has 4 aromatic rings. The molecule has 5 heterocycles. The predicted octanol–water partition coefficient (Wildman–Crippen LogP) is 4.35. The van der Waals surface area contributed by atoms with E-state index in [1.807, 2.05) is 29.2 Å². The molecule has 2 aromatic heterocycles. The van der Waals surface area contributed by atoms with Gasteiger partial charge in [0.25, 0.3) is 0 Å². The average molecular weight is 651 g/mol. The largest absolute Gasteiger partial charge is 0.465 e. The maximum atomic E-state index is 13.1. The molecule has 0 saturated carbocycles. The minimum Gasteiger partial charge on any atom is -0.465 e. The number of aromatic amines is 2. The zero-order valence-electron chi connectivity index (χ0n) is 26.8. The van der Waals surface area contributed by atoms with Crippen LogP contribution in [0.25, 0.3) is 33.6 Å². The Morgan fingerprint density at radius 3 is 1.75 bits per heavy atom. The van der Waals surface area contributed by atoms with Gasteiger partial charge in [-0.2, -0.15) is 0 Å². The maximum absolute atomic E-state index is 13.1. The third-order valence-electron chi connectivity index (χ3n) is 9.88. The topological polar surface area (TPSA) is 168 Å². The van der Waals surface area contributed by atoms with Crippen LogP contribution in [-0.2, 0) is 14.4 Å². The number of imidazole rings is 2. The molecule has 4 N–H and O–H groups in total. The number of hydrogen-bond donors (Lipinski definition) is 4. The van der Waals surface area contributed by atoms with Crippen LogP contribution in [0, 0.1) is 0 Å². The van der Waals surface area contributed by atoms with Gasteiger partial charge in [-0.05, 0) is 54.9 Å². The lowest BCUT2D eigenvalue weighted by atomic mass is 10.0. The molecule has 3 saturated heterocycles. The number of carbonyl (C=O) groups is 4. The van der Waals surface area contributed by atoms with Crippen molar-refractivity contribution in [2.45, 2.75) is 63.2 Å². The summed E-state index contributed by atoms with van der Waals surface area (Å²) < 4.78 is 0. The number of likely N-dealkylation sites (tertiary alicyclic amines) is 2. The van der Waals surface area contributed by atoms with Gasteiger partial charge in [0, 0.05) is 20.1 Å². The molecular formula is C35H38N8O5. The number of carbonyl (C=O) groups excluding carboxylic acids is 3. The molecule has 4 amide bonds. The third kappa shape index (κ3) is 5.80. The van der Waals surface area contributed by atoms with Crippen LogP contribution in [0.5, 0.6) is 0 Å². The van der Waals surface area contributed by atoms with Crippen LogP contribution in [0.3, 0.4) is 0 Å². The van der Waals surface area contributed by atoms with E-state index in [4.69, 9.17) is 0 Å². The predicted molar refractivity (Wildman–Crippen MR) is 176 cm³/mol. The third-order valence-corrected chi connectivity index (χ3v) is 9.88. The zero-order valence-corrected chi connectivity index (χ0v) is 26.8. The van der Waals surface area contributed by atoms with Gasteiger partial charge in [-0.1, -0.05) is 48.5 Å². The van der Waals surface area contributed by atoms with Gasteiger partial charge in [-0.25, -0.2) is 14.8 Å². The van der Waals surface area contributed by atoms with Crippen molar-refractivity contribution in [3.8, 4) is 33.6 Å². The number of nitrogens with zero attached hydrogens (tertiary/aromatic N) is 5. The first-order valence-corrected chi connectivity index (χ1v) is 16.3. The van der Waals surface area contributed by atoms with Gasteiger partial charge in [0.15, 0.2) is 0 Å². The van der Waals surface area contributed by atoms with E-state index in [0.29, 0.717) is 18.9 Å². The monoisotopic (exact) mass is 650 g/mol. The Bertz CT molecular complexity index is 1840. The molecule has 0 bridgehead atoms. The highest BCUT2D eigenvalue weighted by atomic mass is 16.4. The normalized spacial score (nSPS) is 21.1. The molecule has 13 heteroatoms. The molecule has 3 fully saturated rings. The van der Waals surface area contributed by atoms with Gasteiger partial charge >= 0.3 is 6.09 Å². The second-order valence-corrected chi connectivity index (χ2v) is 12.8. The summed E-state index contributed by atoms with van der Waals surface area (Å²) in [6.07, 6.45) is 6.02. The Morgan fingerprint density at radius 2 is 1.27 bits per heavy atom. The van der Waals surface area contributed by atoms with E-state index in [0.717, 1.165) is 70.0 Å². The van der Waals surface area contributed by atoms with E-state index in [9.17, 15) is 24.3 Å². The highest BCUT2D eigenvalue weighted by Gasteiger charge is 2.40. The van der Waals surface area contributed by atoms with Crippen LogP contribution < -0.4 is 5.32 Å². The van der Waals surface area contributed by atoms with Crippen molar-refractivity contribution in [1.82, 2.24) is 40.0 Å². The Balaban J connectivity index is 1.00. The second-order valence-electron chi connectivity index (χ2n) is 12.8. The average Bonchev–Trinajstić information content (AvgIpc) is 3.92. The number of aromatic nitrogens is 4. The summed E-state index contributed by atoms with van der Waals surface area (Å²) in [7, 11) is 1.41. The number of rotatable bonds is 8. The lowest BCUT2D eigenvalue weighted by molar-refractivity contribution is -0.144. The van der Waals surface area contributed by atoms with Crippen LogP contribution in [0.1, 0.15) is 62.8 Å². The molecule has 3 aliphatic heterocycles. The van der Waals surface area contributed by atoms with Crippen LogP contribution in [-0.4, -0.2) is 95.8 Å². The highest BCUT2D eigenvalue weighted by Crippen LogP contribution is 2.35. The van der Waals surface area contributed by atoms with E-state index in [1.54, 1.807) is 24.2 Å².